The second kappa shape index (κ2) is 2.92. The average Bonchev–Trinajstić information content (AvgIpc) is 1.88. The number of hydrogen-bond donors (Lipinski definition) is 0. The Morgan fingerprint density at radius 2 is 2.20 bits per heavy atom. The highest BCUT2D eigenvalue weighted by Crippen LogP contribution is 2.08. The van der Waals surface area contributed by atoms with Crippen LogP contribution in [0.1, 0.15) is 12.6 Å². The summed E-state index contributed by atoms with van der Waals surface area (Å²) in [5, 5.41) is 0. The van der Waals surface area contributed by atoms with Crippen LogP contribution < -0.4 is 0 Å². The van der Waals surface area contributed by atoms with E-state index in [4.69, 9.17) is 0 Å². The van der Waals surface area contributed by atoms with Crippen LogP contribution in [0.5, 0.6) is 0 Å². The largest absolute Gasteiger partial charge is 0.252 e. The molecule has 3 heteroatoms. The molecule has 0 radical (unpaired) electrons. The summed E-state index contributed by atoms with van der Waals surface area (Å²) in [7, 11) is 0. The van der Waals surface area contributed by atoms with Gasteiger partial charge in [0.05, 0.1) is 18.1 Å². The number of halogens is 1. The molecule has 1 aromatic rings. The van der Waals surface area contributed by atoms with Crippen molar-refractivity contribution in [2.24, 2.45) is 0 Å². The second-order valence-corrected chi connectivity index (χ2v) is 2.82. The summed E-state index contributed by atoms with van der Waals surface area (Å²) in [4.78, 5) is 8.06. The number of aromatic nitrogens is 2. The van der Waals surface area contributed by atoms with Crippen LogP contribution in [0.25, 0.3) is 5.57 Å². The predicted octanol–water partition coefficient (Wildman–Crippen LogP) is 2.27. The SMILES string of the molecule is C=C(C)c1cnc(Br)cn1. The minimum Gasteiger partial charge on any atom is -0.252 e. The lowest BCUT2D eigenvalue weighted by atomic mass is 10.3. The third kappa shape index (κ3) is 1.64. The quantitative estimate of drug-likeness (QED) is 0.693. The Morgan fingerprint density at radius 1 is 1.50 bits per heavy atom. The van der Waals surface area contributed by atoms with Crippen LogP contribution in [0.3, 0.4) is 0 Å². The van der Waals surface area contributed by atoms with Gasteiger partial charge in [0.25, 0.3) is 0 Å². The fourth-order valence-electron chi connectivity index (χ4n) is 0.533. The summed E-state index contributed by atoms with van der Waals surface area (Å²) in [6, 6.07) is 0. The molecule has 0 unspecified atom stereocenters. The molecule has 0 aromatic carbocycles. The first kappa shape index (κ1) is 7.41. The minimum atomic E-state index is 0.748. The molecule has 2 nitrogen and oxygen atoms in total. The van der Waals surface area contributed by atoms with Crippen LogP contribution in [0.2, 0.25) is 0 Å². The van der Waals surface area contributed by atoms with Crippen LogP contribution in [-0.2, 0) is 0 Å². The van der Waals surface area contributed by atoms with E-state index in [1.54, 1.807) is 12.4 Å². The van der Waals surface area contributed by atoms with Gasteiger partial charge in [-0.15, -0.1) is 0 Å². The Kier molecular flexibility index (Phi) is 2.17. The van der Waals surface area contributed by atoms with E-state index in [2.05, 4.69) is 32.5 Å². The average molecular weight is 199 g/mol. The van der Waals surface area contributed by atoms with Crippen LogP contribution in [-0.4, -0.2) is 9.97 Å². The summed E-state index contributed by atoms with van der Waals surface area (Å²) < 4.78 is 0.748. The third-order valence-corrected chi connectivity index (χ3v) is 1.47. The molecule has 0 aliphatic rings. The van der Waals surface area contributed by atoms with E-state index < -0.39 is 0 Å². The number of nitrogens with zero attached hydrogens (tertiary/aromatic N) is 2. The fourth-order valence-corrected chi connectivity index (χ4v) is 0.737. The van der Waals surface area contributed by atoms with Crippen LogP contribution in [0, 0.1) is 0 Å². The lowest BCUT2D eigenvalue weighted by molar-refractivity contribution is 1.13. The second-order valence-electron chi connectivity index (χ2n) is 2.00. The Hall–Kier alpha value is -0.700. The van der Waals surface area contributed by atoms with E-state index in [0.717, 1.165) is 15.9 Å². The van der Waals surface area contributed by atoms with Crippen molar-refractivity contribution < 1.29 is 0 Å². The van der Waals surface area contributed by atoms with Crippen molar-refractivity contribution in [2.75, 3.05) is 0 Å². The summed E-state index contributed by atoms with van der Waals surface area (Å²) in [5.74, 6) is 0. The van der Waals surface area contributed by atoms with Gasteiger partial charge in [-0.2, -0.15) is 0 Å². The molecule has 1 rings (SSSR count). The molecule has 52 valence electrons. The smallest absolute Gasteiger partial charge is 0.124 e. The molecule has 1 heterocycles. The van der Waals surface area contributed by atoms with Crippen molar-refractivity contribution in [1.82, 2.24) is 9.97 Å². The maximum absolute atomic E-state index is 4.07. The van der Waals surface area contributed by atoms with Crippen molar-refractivity contribution in [3.8, 4) is 0 Å². The van der Waals surface area contributed by atoms with Gasteiger partial charge in [-0.3, -0.25) is 4.98 Å². The van der Waals surface area contributed by atoms with Gasteiger partial charge in [-0.05, 0) is 28.4 Å². The molecule has 0 aliphatic carbocycles. The molecule has 0 N–H and O–H groups in total. The lowest BCUT2D eigenvalue weighted by Gasteiger charge is -1.95. The first-order valence-corrected chi connectivity index (χ1v) is 3.63. The summed E-state index contributed by atoms with van der Waals surface area (Å²) >= 11 is 3.19. The van der Waals surface area contributed by atoms with E-state index in [-0.39, 0.29) is 0 Å². The van der Waals surface area contributed by atoms with Crippen molar-refractivity contribution >= 4 is 21.5 Å². The van der Waals surface area contributed by atoms with Gasteiger partial charge >= 0.3 is 0 Å². The van der Waals surface area contributed by atoms with E-state index in [0.29, 0.717) is 0 Å². The molecule has 0 aliphatic heterocycles. The monoisotopic (exact) mass is 198 g/mol. The molecule has 0 bridgehead atoms. The Balaban J connectivity index is 3.00. The minimum absolute atomic E-state index is 0.748. The number of hydrogen-bond acceptors (Lipinski definition) is 2. The highest BCUT2D eigenvalue weighted by molar-refractivity contribution is 9.10. The van der Waals surface area contributed by atoms with Gasteiger partial charge in [0.1, 0.15) is 4.60 Å². The standard InChI is InChI=1S/C7H7BrN2/c1-5(2)6-3-10-7(8)4-9-6/h3-4H,1H2,2H3. The molecule has 10 heavy (non-hydrogen) atoms. The van der Waals surface area contributed by atoms with Gasteiger partial charge in [-0.1, -0.05) is 6.58 Å². The van der Waals surface area contributed by atoms with Crippen molar-refractivity contribution in [3.63, 3.8) is 0 Å². The first-order valence-electron chi connectivity index (χ1n) is 2.83. The van der Waals surface area contributed by atoms with Crippen molar-refractivity contribution in [3.05, 3.63) is 29.3 Å². The molecule has 0 saturated heterocycles. The molecule has 0 spiro atoms. The fraction of sp³-hybridized carbons (Fsp3) is 0.143. The van der Waals surface area contributed by atoms with Crippen LogP contribution in [0.15, 0.2) is 23.6 Å². The Bertz CT molecular complexity index is 240. The predicted molar refractivity (Wildman–Crippen MR) is 44.4 cm³/mol. The number of allylic oxidation sites excluding steroid dienone is 1. The molecular weight excluding hydrogens is 192 g/mol. The van der Waals surface area contributed by atoms with Gasteiger partial charge in [-0.25, -0.2) is 4.98 Å². The zero-order chi connectivity index (χ0) is 7.56. The van der Waals surface area contributed by atoms with E-state index in [9.17, 15) is 0 Å². The van der Waals surface area contributed by atoms with E-state index in [1.165, 1.54) is 0 Å². The van der Waals surface area contributed by atoms with Gasteiger partial charge < -0.3 is 0 Å². The number of rotatable bonds is 1. The topological polar surface area (TPSA) is 25.8 Å². The Morgan fingerprint density at radius 3 is 2.60 bits per heavy atom. The molecular formula is C7H7BrN2. The highest BCUT2D eigenvalue weighted by atomic mass is 79.9. The normalized spacial score (nSPS) is 9.40. The molecule has 0 amide bonds. The van der Waals surface area contributed by atoms with Crippen molar-refractivity contribution in [2.45, 2.75) is 6.92 Å². The maximum Gasteiger partial charge on any atom is 0.124 e. The third-order valence-electron chi connectivity index (χ3n) is 1.06. The molecule has 0 saturated carbocycles. The zero-order valence-electron chi connectivity index (χ0n) is 5.63. The van der Waals surface area contributed by atoms with Gasteiger partial charge in [0.15, 0.2) is 0 Å². The van der Waals surface area contributed by atoms with Gasteiger partial charge in [0, 0.05) is 0 Å². The first-order chi connectivity index (χ1) is 4.70. The van der Waals surface area contributed by atoms with Crippen molar-refractivity contribution in [1.29, 1.82) is 0 Å². The molecule has 0 fully saturated rings. The summed E-state index contributed by atoms with van der Waals surface area (Å²) in [6.45, 7) is 5.64. The van der Waals surface area contributed by atoms with Gasteiger partial charge in [0.2, 0.25) is 0 Å². The maximum atomic E-state index is 4.07. The van der Waals surface area contributed by atoms with E-state index in [1.807, 2.05) is 6.92 Å². The molecule has 1 aromatic heterocycles. The lowest BCUT2D eigenvalue weighted by Crippen LogP contribution is -1.86. The van der Waals surface area contributed by atoms with Crippen LogP contribution >= 0.6 is 15.9 Å². The molecule has 0 atom stereocenters. The van der Waals surface area contributed by atoms with E-state index >= 15 is 0 Å². The zero-order valence-corrected chi connectivity index (χ0v) is 7.22. The Labute approximate surface area is 68.1 Å². The van der Waals surface area contributed by atoms with Crippen LogP contribution in [0.4, 0.5) is 0 Å². The summed E-state index contributed by atoms with van der Waals surface area (Å²) in [5.41, 5.74) is 1.77. The summed E-state index contributed by atoms with van der Waals surface area (Å²) in [6.07, 6.45) is 3.34. The highest BCUT2D eigenvalue weighted by Gasteiger charge is 1.93.